The van der Waals surface area contributed by atoms with Crippen LogP contribution in [-0.2, 0) is 20.6 Å². The van der Waals surface area contributed by atoms with E-state index in [0.717, 1.165) is 25.1 Å². The second-order valence-corrected chi connectivity index (χ2v) is 12.1. The summed E-state index contributed by atoms with van der Waals surface area (Å²) in [5.74, 6) is 0. The number of carbonyl (C=O) groups is 1. The summed E-state index contributed by atoms with van der Waals surface area (Å²) in [6.45, 7) is 22.3. The Kier molecular flexibility index (Phi) is 7.31. The Labute approximate surface area is 207 Å². The van der Waals surface area contributed by atoms with Crippen molar-refractivity contribution in [3.05, 3.63) is 26.3 Å². The number of benzene rings is 1. The second-order valence-electron chi connectivity index (χ2n) is 11.0. The van der Waals surface area contributed by atoms with Crippen LogP contribution in [0.1, 0.15) is 65.2 Å². The van der Waals surface area contributed by atoms with Crippen molar-refractivity contribution in [2.45, 2.75) is 85.7 Å². The first-order valence-corrected chi connectivity index (χ1v) is 12.5. The minimum atomic E-state index is -0.464. The van der Waals surface area contributed by atoms with Crippen molar-refractivity contribution in [3.8, 4) is 0 Å². The van der Waals surface area contributed by atoms with Crippen molar-refractivity contribution in [2.24, 2.45) is 0 Å². The van der Waals surface area contributed by atoms with E-state index in [1.807, 2.05) is 25.7 Å². The van der Waals surface area contributed by atoms with Gasteiger partial charge in [-0.15, -0.1) is 0 Å². The Hall–Kier alpha value is -0.835. The van der Waals surface area contributed by atoms with E-state index in [2.05, 4.69) is 75.1 Å². The van der Waals surface area contributed by atoms with E-state index in [9.17, 15) is 4.79 Å². The van der Waals surface area contributed by atoms with Gasteiger partial charge in [-0.05, 0) is 107 Å². The average molecular weight is 556 g/mol. The third-order valence-electron chi connectivity index (χ3n) is 6.83. The molecule has 2 fully saturated rings. The van der Waals surface area contributed by atoms with E-state index in [1.54, 1.807) is 0 Å². The number of nitrogens with zero attached hydrogens (tertiary/aromatic N) is 2. The molecule has 1 aromatic rings. The molecule has 0 aliphatic carbocycles. The topological polar surface area (TPSA) is 51.2 Å². The fourth-order valence-electron chi connectivity index (χ4n) is 3.99. The lowest BCUT2D eigenvalue weighted by atomic mass is 9.74. The Morgan fingerprint density at radius 3 is 2.09 bits per heavy atom. The summed E-state index contributed by atoms with van der Waals surface area (Å²) in [4.78, 5) is 16.6. The highest BCUT2D eigenvalue weighted by molar-refractivity contribution is 14.1. The van der Waals surface area contributed by atoms with Crippen LogP contribution in [0.4, 0.5) is 4.79 Å². The van der Waals surface area contributed by atoms with Gasteiger partial charge in [0, 0.05) is 36.3 Å². The maximum atomic E-state index is 12.4. The van der Waals surface area contributed by atoms with Gasteiger partial charge >= 0.3 is 13.2 Å². The Balaban J connectivity index is 1.73. The van der Waals surface area contributed by atoms with Gasteiger partial charge in [0.15, 0.2) is 0 Å². The van der Waals surface area contributed by atoms with Crippen LogP contribution in [0, 0.1) is 17.4 Å². The molecule has 3 rings (SSSR count). The summed E-state index contributed by atoms with van der Waals surface area (Å²) in [6, 6.07) is 2.26. The third-order valence-corrected chi connectivity index (χ3v) is 8.45. The van der Waals surface area contributed by atoms with E-state index in [0.29, 0.717) is 13.1 Å². The van der Waals surface area contributed by atoms with Gasteiger partial charge in [-0.3, -0.25) is 4.90 Å². The molecule has 2 heterocycles. The zero-order valence-electron chi connectivity index (χ0n) is 21.1. The molecular weight excluding hydrogens is 518 g/mol. The van der Waals surface area contributed by atoms with Crippen LogP contribution in [0.15, 0.2) is 6.07 Å². The van der Waals surface area contributed by atoms with E-state index in [1.165, 1.54) is 20.3 Å². The number of piperazine rings is 1. The molecule has 2 saturated heterocycles. The molecule has 2 aliphatic rings. The minimum Gasteiger partial charge on any atom is -0.444 e. The van der Waals surface area contributed by atoms with Crippen LogP contribution in [0.2, 0.25) is 0 Å². The predicted molar refractivity (Wildman–Crippen MR) is 137 cm³/mol. The SMILES string of the molecule is Cc1c(CN2CCN(C(=O)OC(C)(C)C)CC2)cc(B2OC(C)(C)C(C)(C)O2)c(C)c1I. The van der Waals surface area contributed by atoms with Gasteiger partial charge in [0.2, 0.25) is 0 Å². The lowest BCUT2D eigenvalue weighted by Crippen LogP contribution is -2.49. The number of hydrogen-bond donors (Lipinski definition) is 0. The third kappa shape index (κ3) is 5.45. The minimum absolute atomic E-state index is 0.221. The molecule has 0 N–H and O–H groups in total. The van der Waals surface area contributed by atoms with E-state index in [-0.39, 0.29) is 24.4 Å². The summed E-state index contributed by atoms with van der Waals surface area (Å²) in [5.41, 5.74) is 3.74. The standard InChI is InChI=1S/C24H38BIN2O4/c1-16-18(15-27-10-12-28(13-11-27)21(29)30-22(3,4)5)14-19(17(2)20(16)26)25-31-23(6,7)24(8,9)32-25/h14H,10-13,15H2,1-9H3. The van der Waals surface area contributed by atoms with E-state index >= 15 is 0 Å². The van der Waals surface area contributed by atoms with Gasteiger partial charge in [-0.2, -0.15) is 0 Å². The van der Waals surface area contributed by atoms with Gasteiger partial charge in [0.25, 0.3) is 0 Å². The molecule has 0 spiro atoms. The Morgan fingerprint density at radius 2 is 1.59 bits per heavy atom. The molecular formula is C24H38BIN2O4. The fraction of sp³-hybridized carbons (Fsp3) is 0.708. The molecule has 0 bridgehead atoms. The summed E-state index contributed by atoms with van der Waals surface area (Å²) < 4.78 is 19.5. The predicted octanol–water partition coefficient (Wildman–Crippen LogP) is 4.26. The van der Waals surface area contributed by atoms with Crippen LogP contribution in [0.5, 0.6) is 0 Å². The normalized spacial score (nSPS) is 21.2. The van der Waals surface area contributed by atoms with Gasteiger partial charge in [0.05, 0.1) is 11.2 Å². The molecule has 32 heavy (non-hydrogen) atoms. The largest absolute Gasteiger partial charge is 0.495 e. The molecule has 2 aliphatic heterocycles. The van der Waals surface area contributed by atoms with Crippen LogP contribution in [0.25, 0.3) is 0 Å². The maximum absolute atomic E-state index is 12.4. The van der Waals surface area contributed by atoms with Gasteiger partial charge in [0.1, 0.15) is 5.60 Å². The van der Waals surface area contributed by atoms with E-state index < -0.39 is 5.60 Å². The van der Waals surface area contributed by atoms with Gasteiger partial charge in [-0.25, -0.2) is 4.79 Å². The number of hydrogen-bond acceptors (Lipinski definition) is 5. The zero-order chi connectivity index (χ0) is 24.1. The van der Waals surface area contributed by atoms with Crippen molar-refractivity contribution < 1.29 is 18.8 Å². The Bertz CT molecular complexity index is 858. The van der Waals surface area contributed by atoms with Crippen molar-refractivity contribution in [3.63, 3.8) is 0 Å². The Morgan fingerprint density at radius 1 is 1.06 bits per heavy atom. The summed E-state index contributed by atoms with van der Waals surface area (Å²) in [5, 5.41) is 0. The highest BCUT2D eigenvalue weighted by Crippen LogP contribution is 2.37. The number of carbonyl (C=O) groups excluding carboxylic acids is 1. The van der Waals surface area contributed by atoms with Crippen LogP contribution in [0.3, 0.4) is 0 Å². The van der Waals surface area contributed by atoms with Crippen LogP contribution < -0.4 is 5.46 Å². The molecule has 8 heteroatoms. The first kappa shape index (κ1) is 25.8. The quantitative estimate of drug-likeness (QED) is 0.412. The maximum Gasteiger partial charge on any atom is 0.495 e. The fourth-order valence-corrected chi connectivity index (χ4v) is 4.65. The van der Waals surface area contributed by atoms with Crippen LogP contribution in [-0.4, -0.2) is 66.0 Å². The smallest absolute Gasteiger partial charge is 0.444 e. The lowest BCUT2D eigenvalue weighted by Gasteiger charge is -2.36. The summed E-state index contributed by atoms with van der Waals surface area (Å²) in [7, 11) is -0.364. The first-order valence-electron chi connectivity index (χ1n) is 11.5. The van der Waals surface area contributed by atoms with Crippen molar-refractivity contribution in [1.82, 2.24) is 9.80 Å². The first-order chi connectivity index (χ1) is 14.6. The van der Waals surface area contributed by atoms with Gasteiger partial charge < -0.3 is 18.9 Å². The molecule has 0 aromatic heterocycles. The number of ether oxygens (including phenoxy) is 1. The molecule has 1 aromatic carbocycles. The molecule has 0 radical (unpaired) electrons. The molecule has 178 valence electrons. The van der Waals surface area contributed by atoms with Crippen molar-refractivity contribution >= 4 is 41.3 Å². The zero-order valence-corrected chi connectivity index (χ0v) is 23.3. The number of halogens is 1. The molecule has 0 atom stereocenters. The highest BCUT2D eigenvalue weighted by atomic mass is 127. The number of rotatable bonds is 3. The molecule has 1 amide bonds. The monoisotopic (exact) mass is 556 g/mol. The van der Waals surface area contributed by atoms with Gasteiger partial charge in [-0.1, -0.05) is 6.07 Å². The van der Waals surface area contributed by atoms with Crippen molar-refractivity contribution in [1.29, 1.82) is 0 Å². The summed E-state index contributed by atoms with van der Waals surface area (Å²) >= 11 is 2.44. The molecule has 6 nitrogen and oxygen atoms in total. The number of amides is 1. The van der Waals surface area contributed by atoms with Crippen molar-refractivity contribution in [2.75, 3.05) is 26.2 Å². The van der Waals surface area contributed by atoms with E-state index in [4.69, 9.17) is 14.0 Å². The lowest BCUT2D eigenvalue weighted by molar-refractivity contribution is 0.00578. The average Bonchev–Trinajstić information content (AvgIpc) is 2.88. The second kappa shape index (κ2) is 9.08. The summed E-state index contributed by atoms with van der Waals surface area (Å²) in [6.07, 6.45) is -0.221. The highest BCUT2D eigenvalue weighted by Gasteiger charge is 2.52. The van der Waals surface area contributed by atoms with Crippen LogP contribution >= 0.6 is 22.6 Å². The molecule has 0 saturated carbocycles. The molecule has 0 unspecified atom stereocenters.